The second kappa shape index (κ2) is 13.4. The van der Waals surface area contributed by atoms with Crippen LogP contribution < -0.4 is 5.73 Å². The van der Waals surface area contributed by atoms with Crippen molar-refractivity contribution in [2.75, 3.05) is 32.7 Å². The van der Waals surface area contributed by atoms with Crippen LogP contribution in [-0.4, -0.2) is 48.6 Å². The van der Waals surface area contributed by atoms with E-state index < -0.39 is 0 Å². The first-order valence-corrected chi connectivity index (χ1v) is 10.7. The zero-order valence-electron chi connectivity index (χ0n) is 17.3. The van der Waals surface area contributed by atoms with Crippen LogP contribution in [0, 0.1) is 5.92 Å². The molecule has 1 saturated heterocycles. The molecule has 0 aromatic carbocycles. The van der Waals surface area contributed by atoms with Crippen LogP contribution in [0.25, 0.3) is 0 Å². The van der Waals surface area contributed by atoms with Gasteiger partial charge in [0.25, 0.3) is 0 Å². The molecule has 1 heterocycles. The van der Waals surface area contributed by atoms with Gasteiger partial charge in [-0.15, -0.1) is 0 Å². The molecule has 1 unspecified atom stereocenters. The zero-order chi connectivity index (χ0) is 18.5. The lowest BCUT2D eigenvalue weighted by molar-refractivity contribution is 0.120. The van der Waals surface area contributed by atoms with Crippen molar-refractivity contribution in [2.24, 2.45) is 11.7 Å². The number of nitrogens with zero attached hydrogens (tertiary/aromatic N) is 2. The Balaban J connectivity index is 2.53. The molecule has 1 aliphatic rings. The molecular formula is C22H43N3. The highest BCUT2D eigenvalue weighted by Gasteiger charge is 2.24. The molecule has 3 nitrogen and oxygen atoms in total. The summed E-state index contributed by atoms with van der Waals surface area (Å²) in [6.07, 6.45) is 15.5. The first-order chi connectivity index (χ1) is 12.1. The maximum Gasteiger partial charge on any atom is 0.0281 e. The van der Waals surface area contributed by atoms with E-state index in [4.69, 9.17) is 5.73 Å². The minimum absolute atomic E-state index is 0.557. The summed E-state index contributed by atoms with van der Waals surface area (Å²) < 4.78 is 0. The molecule has 0 saturated carbocycles. The van der Waals surface area contributed by atoms with E-state index in [-0.39, 0.29) is 0 Å². The number of piperidine rings is 1. The highest BCUT2D eigenvalue weighted by Crippen LogP contribution is 2.23. The Kier molecular flexibility index (Phi) is 11.9. The molecule has 1 atom stereocenters. The number of hydrogen-bond acceptors (Lipinski definition) is 3. The third kappa shape index (κ3) is 8.91. The second-order valence-corrected chi connectivity index (χ2v) is 7.64. The van der Waals surface area contributed by atoms with Crippen LogP contribution in [0.3, 0.4) is 0 Å². The Morgan fingerprint density at radius 2 is 1.76 bits per heavy atom. The summed E-state index contributed by atoms with van der Waals surface area (Å²) in [6.45, 7) is 15.2. The first kappa shape index (κ1) is 22.2. The van der Waals surface area contributed by atoms with Crippen molar-refractivity contribution < 1.29 is 0 Å². The van der Waals surface area contributed by atoms with Crippen LogP contribution in [0.4, 0.5) is 0 Å². The molecular weight excluding hydrogens is 306 g/mol. The largest absolute Gasteiger partial charge is 0.399 e. The maximum absolute atomic E-state index is 5.96. The van der Waals surface area contributed by atoms with Gasteiger partial charge in [-0.3, -0.25) is 4.90 Å². The van der Waals surface area contributed by atoms with Gasteiger partial charge in [-0.2, -0.15) is 0 Å². The maximum atomic E-state index is 5.96. The molecule has 1 aliphatic heterocycles. The van der Waals surface area contributed by atoms with E-state index in [2.05, 4.69) is 42.7 Å². The lowest BCUT2D eigenvalue weighted by Gasteiger charge is -2.38. The van der Waals surface area contributed by atoms with E-state index >= 15 is 0 Å². The Hall–Kier alpha value is -0.800. The van der Waals surface area contributed by atoms with Gasteiger partial charge in [0.15, 0.2) is 0 Å². The Morgan fingerprint density at radius 3 is 2.28 bits per heavy atom. The predicted octanol–water partition coefficient (Wildman–Crippen LogP) is 4.80. The fourth-order valence-electron chi connectivity index (χ4n) is 3.89. The lowest BCUT2D eigenvalue weighted by Crippen LogP contribution is -2.43. The molecule has 0 aliphatic carbocycles. The number of likely N-dealkylation sites (tertiary alicyclic amines) is 1. The number of allylic oxidation sites excluding steroid dienone is 2. The summed E-state index contributed by atoms with van der Waals surface area (Å²) in [4.78, 5) is 5.37. The number of rotatable bonds is 12. The van der Waals surface area contributed by atoms with Crippen LogP contribution >= 0.6 is 0 Å². The molecule has 1 rings (SSSR count). The molecule has 0 spiro atoms. The Bertz CT molecular complexity index is 375. The minimum Gasteiger partial charge on any atom is -0.399 e. The van der Waals surface area contributed by atoms with Gasteiger partial charge in [-0.1, -0.05) is 45.8 Å². The van der Waals surface area contributed by atoms with E-state index in [1.54, 1.807) is 0 Å². The SMILES string of the molecule is C/C=C(N)\C=C/C(CCCC)N1CCC(CN(CCC)CCC)CC1. The molecule has 3 heteroatoms. The van der Waals surface area contributed by atoms with Crippen molar-refractivity contribution in [1.82, 2.24) is 9.80 Å². The molecule has 0 amide bonds. The summed E-state index contributed by atoms with van der Waals surface area (Å²) in [5, 5.41) is 0. The molecule has 1 fully saturated rings. The van der Waals surface area contributed by atoms with E-state index in [1.165, 1.54) is 77.7 Å². The quantitative estimate of drug-likeness (QED) is 0.514. The van der Waals surface area contributed by atoms with Crippen molar-refractivity contribution >= 4 is 0 Å². The number of unbranched alkanes of at least 4 members (excludes halogenated alkanes) is 1. The van der Waals surface area contributed by atoms with Gasteiger partial charge < -0.3 is 10.6 Å². The average molecular weight is 350 g/mol. The van der Waals surface area contributed by atoms with Gasteiger partial charge in [-0.25, -0.2) is 0 Å². The summed E-state index contributed by atoms with van der Waals surface area (Å²) in [6, 6.07) is 0.557. The zero-order valence-corrected chi connectivity index (χ0v) is 17.3. The highest BCUT2D eigenvalue weighted by molar-refractivity contribution is 5.15. The van der Waals surface area contributed by atoms with Gasteiger partial charge in [0.1, 0.15) is 0 Å². The fraction of sp³-hybridized carbons (Fsp3) is 0.818. The van der Waals surface area contributed by atoms with Crippen LogP contribution in [0.15, 0.2) is 23.9 Å². The Labute approximate surface area is 157 Å². The van der Waals surface area contributed by atoms with Crippen molar-refractivity contribution in [3.63, 3.8) is 0 Å². The van der Waals surface area contributed by atoms with Gasteiger partial charge >= 0.3 is 0 Å². The van der Waals surface area contributed by atoms with E-state index in [9.17, 15) is 0 Å². The standard InChI is InChI=1S/C22H43N3/c1-5-9-10-22(12-11-21(23)8-4)25-17-13-20(14-18-25)19-24(15-6-2)16-7-3/h8,11-12,20,22H,5-7,9-10,13-19,23H2,1-4H3/b12-11-,21-8+. The summed E-state index contributed by atoms with van der Waals surface area (Å²) in [5.41, 5.74) is 6.84. The van der Waals surface area contributed by atoms with Gasteiger partial charge in [0.2, 0.25) is 0 Å². The van der Waals surface area contributed by atoms with Gasteiger partial charge in [-0.05, 0) is 77.2 Å². The fourth-order valence-corrected chi connectivity index (χ4v) is 3.89. The molecule has 2 N–H and O–H groups in total. The summed E-state index contributed by atoms with van der Waals surface area (Å²) in [7, 11) is 0. The van der Waals surface area contributed by atoms with Crippen molar-refractivity contribution in [1.29, 1.82) is 0 Å². The molecule has 0 bridgehead atoms. The van der Waals surface area contributed by atoms with Crippen molar-refractivity contribution in [3.8, 4) is 0 Å². The normalized spacial score (nSPS) is 19.2. The van der Waals surface area contributed by atoms with Crippen LogP contribution in [0.1, 0.15) is 72.6 Å². The predicted molar refractivity (Wildman–Crippen MR) is 112 cm³/mol. The topological polar surface area (TPSA) is 32.5 Å². The molecule has 0 aromatic rings. The number of hydrogen-bond donors (Lipinski definition) is 1. The average Bonchev–Trinajstić information content (AvgIpc) is 2.63. The summed E-state index contributed by atoms with van der Waals surface area (Å²) in [5.74, 6) is 0.880. The molecule has 25 heavy (non-hydrogen) atoms. The smallest absolute Gasteiger partial charge is 0.0281 e. The van der Waals surface area contributed by atoms with Crippen LogP contribution in [-0.2, 0) is 0 Å². The highest BCUT2D eigenvalue weighted by atomic mass is 15.2. The Morgan fingerprint density at radius 1 is 1.12 bits per heavy atom. The van der Waals surface area contributed by atoms with Crippen LogP contribution in [0.5, 0.6) is 0 Å². The molecule has 0 aromatic heterocycles. The van der Waals surface area contributed by atoms with E-state index in [1.807, 2.05) is 13.0 Å². The minimum atomic E-state index is 0.557. The second-order valence-electron chi connectivity index (χ2n) is 7.64. The summed E-state index contributed by atoms with van der Waals surface area (Å²) >= 11 is 0. The lowest BCUT2D eigenvalue weighted by atomic mass is 9.94. The van der Waals surface area contributed by atoms with E-state index in [0.717, 1.165) is 11.6 Å². The number of nitrogens with two attached hydrogens (primary N) is 1. The van der Waals surface area contributed by atoms with Gasteiger partial charge in [0, 0.05) is 18.3 Å². The third-order valence-electron chi connectivity index (χ3n) is 5.41. The van der Waals surface area contributed by atoms with Crippen molar-refractivity contribution in [2.45, 2.75) is 78.7 Å². The van der Waals surface area contributed by atoms with Crippen LogP contribution in [0.2, 0.25) is 0 Å². The first-order valence-electron chi connectivity index (χ1n) is 10.7. The van der Waals surface area contributed by atoms with Gasteiger partial charge in [0.05, 0.1) is 0 Å². The van der Waals surface area contributed by atoms with Crippen molar-refractivity contribution in [3.05, 3.63) is 23.9 Å². The van der Waals surface area contributed by atoms with E-state index in [0.29, 0.717) is 6.04 Å². The third-order valence-corrected chi connectivity index (χ3v) is 5.41. The molecule has 0 radical (unpaired) electrons. The monoisotopic (exact) mass is 349 g/mol. The molecule has 146 valence electrons.